The summed E-state index contributed by atoms with van der Waals surface area (Å²) in [5.74, 6) is -3.05. The predicted molar refractivity (Wildman–Crippen MR) is 213 cm³/mol. The summed E-state index contributed by atoms with van der Waals surface area (Å²) < 4.78 is 48.8. The van der Waals surface area contributed by atoms with Gasteiger partial charge in [0.2, 0.25) is 5.91 Å². The third-order valence-electron chi connectivity index (χ3n) is 13.0. The van der Waals surface area contributed by atoms with E-state index in [0.717, 1.165) is 55.7 Å². The number of amides is 1. The SMILES string of the molecule is Cc1sc(N2C[C@@H]3C[C@H](C2)N(C(=O)C2CC2)[C@H]3c2cc3c(C)nc4c(F)c(-c5cccc(Cl)c5Cl)c(CCC#N)cc4c3n2[C@H]2[C@H]3CN[C@@H]2C3)nc1C(C)(F)F. The van der Waals surface area contributed by atoms with Gasteiger partial charge in [-0.1, -0.05) is 35.3 Å². The lowest BCUT2D eigenvalue weighted by atomic mass is 9.79. The van der Waals surface area contributed by atoms with Crippen molar-refractivity contribution in [1.82, 2.24) is 24.8 Å². The van der Waals surface area contributed by atoms with Gasteiger partial charge in [-0.3, -0.25) is 4.79 Å². The van der Waals surface area contributed by atoms with Crippen molar-refractivity contribution in [2.75, 3.05) is 24.5 Å². The zero-order valence-electron chi connectivity index (χ0n) is 31.2. The highest BCUT2D eigenvalue weighted by atomic mass is 35.5. The van der Waals surface area contributed by atoms with E-state index in [1.807, 2.05) is 13.0 Å². The smallest absolute Gasteiger partial charge is 0.288 e. The molecule has 56 heavy (non-hydrogen) atoms. The lowest BCUT2D eigenvalue weighted by Gasteiger charge is -2.40. The Labute approximate surface area is 336 Å². The maximum Gasteiger partial charge on any atom is 0.288 e. The number of anilines is 1. The molecule has 0 spiro atoms. The zero-order valence-corrected chi connectivity index (χ0v) is 33.5. The molecule has 7 heterocycles. The molecule has 11 rings (SSSR count). The van der Waals surface area contributed by atoms with Crippen LogP contribution in [0.5, 0.6) is 0 Å². The number of aromatic nitrogens is 3. The van der Waals surface area contributed by atoms with Crippen LogP contribution in [0.1, 0.15) is 78.6 Å². The maximum absolute atomic E-state index is 17.3. The molecule has 3 aromatic heterocycles. The molecule has 14 heteroatoms. The van der Waals surface area contributed by atoms with Gasteiger partial charge in [-0.05, 0) is 75.6 Å². The van der Waals surface area contributed by atoms with Gasteiger partial charge >= 0.3 is 0 Å². The minimum absolute atomic E-state index is 0.0130. The van der Waals surface area contributed by atoms with Gasteiger partial charge in [-0.2, -0.15) is 14.0 Å². The number of aryl methyl sites for hydroxylation is 3. The molecule has 1 amide bonds. The summed E-state index contributed by atoms with van der Waals surface area (Å²) in [6, 6.07) is 11.5. The number of carbonyl (C=O) groups is 1. The van der Waals surface area contributed by atoms with Crippen LogP contribution in [0.3, 0.4) is 0 Å². The van der Waals surface area contributed by atoms with Crippen molar-refractivity contribution < 1.29 is 18.0 Å². The number of halogens is 5. The molecule has 6 atom stereocenters. The Hall–Kier alpha value is -3.89. The molecular formula is C42H40Cl2F3N7OS. The zero-order chi connectivity index (χ0) is 38.9. The largest absolute Gasteiger partial charge is 0.346 e. The maximum atomic E-state index is 17.3. The second kappa shape index (κ2) is 13.1. The van der Waals surface area contributed by atoms with Crippen LogP contribution in [-0.4, -0.2) is 57.1 Å². The topological polar surface area (TPSA) is 90.1 Å². The highest BCUT2D eigenvalue weighted by molar-refractivity contribution is 7.15. The Morgan fingerprint density at radius 1 is 1.11 bits per heavy atom. The van der Waals surface area contributed by atoms with Gasteiger partial charge in [0.05, 0.1) is 39.8 Å². The average Bonchev–Trinajstić information content (AvgIpc) is 3.47. The van der Waals surface area contributed by atoms with Crippen LogP contribution in [0.15, 0.2) is 30.3 Å². The number of rotatable bonds is 8. The van der Waals surface area contributed by atoms with Crippen LogP contribution < -0.4 is 10.2 Å². The number of hydrogen-bond donors (Lipinski definition) is 1. The van der Waals surface area contributed by atoms with Gasteiger partial charge in [0.25, 0.3) is 5.92 Å². The molecule has 2 aliphatic carbocycles. The van der Waals surface area contributed by atoms with Crippen molar-refractivity contribution in [1.29, 1.82) is 5.26 Å². The normalized spacial score (nSPS) is 25.7. The Morgan fingerprint density at radius 2 is 1.91 bits per heavy atom. The molecule has 6 aliphatic rings. The summed E-state index contributed by atoms with van der Waals surface area (Å²) in [5, 5.41) is 16.0. The molecule has 8 nitrogen and oxygen atoms in total. The van der Waals surface area contributed by atoms with Crippen molar-refractivity contribution in [3.05, 3.63) is 73.7 Å². The fourth-order valence-corrected chi connectivity index (χ4v) is 11.8. The molecule has 2 saturated carbocycles. The molecular weight excluding hydrogens is 778 g/mol. The number of nitriles is 1. The number of fused-ring (bicyclic) bond motifs is 6. The summed E-state index contributed by atoms with van der Waals surface area (Å²) in [6.45, 7) is 6.46. The number of hydrogen-bond acceptors (Lipinski definition) is 7. The molecule has 0 radical (unpaired) electrons. The van der Waals surface area contributed by atoms with E-state index in [1.54, 1.807) is 25.1 Å². The second-order valence-corrected chi connectivity index (χ2v) is 18.6. The number of nitrogens with one attached hydrogen (secondary N) is 1. The van der Waals surface area contributed by atoms with Crippen LogP contribution in [0, 0.1) is 48.7 Å². The quantitative estimate of drug-likeness (QED) is 0.168. The summed E-state index contributed by atoms with van der Waals surface area (Å²) in [6.07, 6.45) is 4.04. The van der Waals surface area contributed by atoms with Crippen LogP contribution in [0.2, 0.25) is 10.0 Å². The molecule has 2 aromatic carbocycles. The fourth-order valence-electron chi connectivity index (χ4n) is 10.4. The number of alkyl halides is 2. The Kier molecular flexibility index (Phi) is 8.50. The third-order valence-corrected chi connectivity index (χ3v) is 14.8. The number of likely N-dealkylation sites (tertiary alicyclic amines) is 1. The van der Waals surface area contributed by atoms with Gasteiger partial charge in [0.1, 0.15) is 11.2 Å². The number of carbonyl (C=O) groups excluding carboxylic acids is 1. The van der Waals surface area contributed by atoms with Crippen LogP contribution in [0.25, 0.3) is 32.9 Å². The molecule has 290 valence electrons. The van der Waals surface area contributed by atoms with Crippen LogP contribution in [0.4, 0.5) is 18.3 Å². The first-order valence-corrected chi connectivity index (χ1v) is 21.0. The van der Waals surface area contributed by atoms with E-state index >= 15 is 4.39 Å². The second-order valence-electron chi connectivity index (χ2n) is 16.6. The van der Waals surface area contributed by atoms with Crippen LogP contribution in [-0.2, 0) is 17.1 Å². The molecule has 4 saturated heterocycles. The highest BCUT2D eigenvalue weighted by Gasteiger charge is 2.55. The summed E-state index contributed by atoms with van der Waals surface area (Å²) in [5.41, 5.74) is 3.99. The van der Waals surface area contributed by atoms with Gasteiger partial charge in [-0.15, -0.1) is 11.3 Å². The van der Waals surface area contributed by atoms with Crippen molar-refractivity contribution in [3.8, 4) is 17.2 Å². The van der Waals surface area contributed by atoms with E-state index in [2.05, 4.69) is 36.8 Å². The minimum Gasteiger partial charge on any atom is -0.346 e. The first-order chi connectivity index (χ1) is 26.8. The van der Waals surface area contributed by atoms with Crippen molar-refractivity contribution in [2.45, 2.75) is 89.4 Å². The van der Waals surface area contributed by atoms with Gasteiger partial charge in [0.15, 0.2) is 10.9 Å². The summed E-state index contributed by atoms with van der Waals surface area (Å²) >= 11 is 14.4. The number of pyridine rings is 1. The lowest BCUT2D eigenvalue weighted by Crippen LogP contribution is -2.45. The highest BCUT2D eigenvalue weighted by Crippen LogP contribution is 2.54. The fraction of sp³-hybridized carbons (Fsp3) is 0.476. The van der Waals surface area contributed by atoms with E-state index in [4.69, 9.17) is 28.2 Å². The van der Waals surface area contributed by atoms with E-state index in [9.17, 15) is 18.8 Å². The first-order valence-electron chi connectivity index (χ1n) is 19.5. The van der Waals surface area contributed by atoms with Gasteiger partial charge < -0.3 is 19.7 Å². The number of thiazole rings is 1. The molecule has 5 aromatic rings. The van der Waals surface area contributed by atoms with E-state index in [-0.39, 0.29) is 64.6 Å². The summed E-state index contributed by atoms with van der Waals surface area (Å²) in [7, 11) is 0. The first kappa shape index (κ1) is 36.5. The Balaban J connectivity index is 1.19. The Bertz CT molecular complexity index is 2510. The molecule has 0 unspecified atom stereocenters. The number of nitrogens with zero attached hydrogens (tertiary/aromatic N) is 6. The Morgan fingerprint density at radius 3 is 2.59 bits per heavy atom. The van der Waals surface area contributed by atoms with E-state index < -0.39 is 11.7 Å². The van der Waals surface area contributed by atoms with Crippen LogP contribution >= 0.6 is 34.5 Å². The number of piperidine rings is 1. The monoisotopic (exact) mass is 817 g/mol. The minimum atomic E-state index is -3.05. The average molecular weight is 819 g/mol. The predicted octanol–water partition coefficient (Wildman–Crippen LogP) is 9.66. The van der Waals surface area contributed by atoms with Crippen molar-refractivity contribution in [3.63, 3.8) is 0 Å². The molecule has 4 aliphatic heterocycles. The van der Waals surface area contributed by atoms with Crippen molar-refractivity contribution >= 4 is 67.4 Å². The van der Waals surface area contributed by atoms with E-state index in [1.165, 1.54) is 11.3 Å². The standard InChI is InChI=1S/C42H40Cl2F3N7OS/c1-19-27-15-31(37-24-12-25(53(37)40(55)21-9-10-21)18-52(17-24)41-51-39(20(2)56-41)42(3,46)47)54(36-23-14-30(36)49-16-23)38(27)28-13-22(6-5-11-48)32(34(45)35(28)50-19)26-7-4-8-29(43)33(26)44/h4,7-8,13,15,21,23-25,30,36-37,49H,5-6,9-10,12,14,16-18H2,1-3H3/t23-,24+,25-,30-,36+,37-/m1/s1. The van der Waals surface area contributed by atoms with Gasteiger partial charge in [-0.25, -0.2) is 14.4 Å². The molecule has 4 bridgehead atoms. The van der Waals surface area contributed by atoms with Gasteiger partial charge in [0, 0.05) is 89.0 Å². The lowest BCUT2D eigenvalue weighted by molar-refractivity contribution is -0.135. The number of benzene rings is 2. The van der Waals surface area contributed by atoms with Crippen molar-refractivity contribution in [2.24, 2.45) is 17.8 Å². The third kappa shape index (κ3) is 5.51. The molecule has 6 fully saturated rings. The van der Waals surface area contributed by atoms with E-state index in [0.29, 0.717) is 68.2 Å². The summed E-state index contributed by atoms with van der Waals surface area (Å²) in [4.78, 5) is 28.6. The molecule has 1 N–H and O–H groups in total.